The van der Waals surface area contributed by atoms with Crippen molar-refractivity contribution in [2.24, 2.45) is 0 Å². The van der Waals surface area contributed by atoms with Gasteiger partial charge >= 0.3 is 0 Å². The number of anilines is 1. The number of rotatable bonds is 5. The normalized spacial score (nSPS) is 11.9. The van der Waals surface area contributed by atoms with E-state index in [2.05, 4.69) is 24.4 Å². The third kappa shape index (κ3) is 3.47. The minimum absolute atomic E-state index is 0.263. The van der Waals surface area contributed by atoms with Gasteiger partial charge in [0.2, 0.25) is 0 Å². The molecule has 2 rings (SSSR count). The zero-order chi connectivity index (χ0) is 13.7. The summed E-state index contributed by atoms with van der Waals surface area (Å²) >= 11 is 0. The fourth-order valence-corrected chi connectivity index (χ4v) is 1.93. The Kier molecular flexibility index (Phi) is 4.39. The van der Waals surface area contributed by atoms with Crippen molar-refractivity contribution >= 4 is 5.69 Å². The summed E-state index contributed by atoms with van der Waals surface area (Å²) in [6.45, 7) is 2.79. The van der Waals surface area contributed by atoms with Gasteiger partial charge in [-0.15, -0.1) is 0 Å². The van der Waals surface area contributed by atoms with Gasteiger partial charge in [0.05, 0.1) is 12.8 Å². The van der Waals surface area contributed by atoms with Gasteiger partial charge < -0.3 is 10.1 Å². The van der Waals surface area contributed by atoms with E-state index in [-0.39, 0.29) is 5.82 Å². The Morgan fingerprint density at radius 3 is 2.58 bits per heavy atom. The molecule has 1 atom stereocenters. The third-order valence-electron chi connectivity index (χ3n) is 3.14. The van der Waals surface area contributed by atoms with Crippen LogP contribution in [0, 0.1) is 5.82 Å². The molecule has 2 aromatic carbocycles. The number of methoxy groups -OCH3 is 1. The lowest BCUT2D eigenvalue weighted by Crippen LogP contribution is -2.10. The molecular formula is C16H18FNO. The monoisotopic (exact) mass is 259 g/mol. The lowest BCUT2D eigenvalue weighted by atomic mass is 10.0. The van der Waals surface area contributed by atoms with Crippen LogP contribution in [0.25, 0.3) is 0 Å². The second-order valence-electron chi connectivity index (χ2n) is 4.54. The standard InChI is InChI=1S/C16H18FNO/c1-12(13-6-4-3-5-7-13)11-18-16-10-14(19-2)8-9-15(16)17/h3-10,12,18H,11H2,1-2H3. The van der Waals surface area contributed by atoms with E-state index in [1.54, 1.807) is 19.2 Å². The molecule has 1 unspecified atom stereocenters. The maximum Gasteiger partial charge on any atom is 0.146 e. The SMILES string of the molecule is COc1ccc(F)c(NCC(C)c2ccccc2)c1. The smallest absolute Gasteiger partial charge is 0.146 e. The van der Waals surface area contributed by atoms with E-state index in [9.17, 15) is 4.39 Å². The molecule has 0 amide bonds. The van der Waals surface area contributed by atoms with Crippen molar-refractivity contribution in [2.75, 3.05) is 19.0 Å². The topological polar surface area (TPSA) is 21.3 Å². The Morgan fingerprint density at radius 1 is 1.16 bits per heavy atom. The van der Waals surface area contributed by atoms with Gasteiger partial charge in [0.15, 0.2) is 0 Å². The van der Waals surface area contributed by atoms with Crippen molar-refractivity contribution in [1.82, 2.24) is 0 Å². The molecular weight excluding hydrogens is 241 g/mol. The maximum absolute atomic E-state index is 13.6. The van der Waals surface area contributed by atoms with Gasteiger partial charge in [0, 0.05) is 12.6 Å². The molecule has 0 bridgehead atoms. The highest BCUT2D eigenvalue weighted by Crippen LogP contribution is 2.22. The molecule has 0 radical (unpaired) electrons. The molecule has 0 aliphatic rings. The van der Waals surface area contributed by atoms with Gasteiger partial charge in [-0.05, 0) is 23.6 Å². The van der Waals surface area contributed by atoms with E-state index in [4.69, 9.17) is 4.74 Å². The molecule has 100 valence electrons. The quantitative estimate of drug-likeness (QED) is 0.874. The van der Waals surface area contributed by atoms with Crippen LogP contribution < -0.4 is 10.1 Å². The summed E-state index contributed by atoms with van der Waals surface area (Å²) in [5.74, 6) is 0.698. The van der Waals surface area contributed by atoms with E-state index in [1.165, 1.54) is 11.6 Å². The van der Waals surface area contributed by atoms with Crippen molar-refractivity contribution in [3.05, 3.63) is 59.9 Å². The van der Waals surface area contributed by atoms with Crippen LogP contribution in [0.5, 0.6) is 5.75 Å². The summed E-state index contributed by atoms with van der Waals surface area (Å²) in [4.78, 5) is 0. The second kappa shape index (κ2) is 6.23. The molecule has 0 aliphatic carbocycles. The first-order chi connectivity index (χ1) is 9.20. The Bertz CT molecular complexity index is 528. The molecule has 0 heterocycles. The highest BCUT2D eigenvalue weighted by atomic mass is 19.1. The summed E-state index contributed by atoms with van der Waals surface area (Å²) in [6, 6.07) is 14.9. The van der Waals surface area contributed by atoms with Gasteiger partial charge in [-0.1, -0.05) is 37.3 Å². The van der Waals surface area contributed by atoms with Gasteiger partial charge in [-0.2, -0.15) is 0 Å². The van der Waals surface area contributed by atoms with Crippen molar-refractivity contribution < 1.29 is 9.13 Å². The first-order valence-electron chi connectivity index (χ1n) is 6.33. The van der Waals surface area contributed by atoms with Crippen molar-refractivity contribution in [2.45, 2.75) is 12.8 Å². The van der Waals surface area contributed by atoms with Crippen molar-refractivity contribution in [1.29, 1.82) is 0 Å². The zero-order valence-corrected chi connectivity index (χ0v) is 11.2. The fraction of sp³-hybridized carbons (Fsp3) is 0.250. The first kappa shape index (κ1) is 13.4. The molecule has 1 N–H and O–H groups in total. The fourth-order valence-electron chi connectivity index (χ4n) is 1.93. The second-order valence-corrected chi connectivity index (χ2v) is 4.54. The van der Waals surface area contributed by atoms with Crippen LogP contribution in [0.1, 0.15) is 18.4 Å². The number of halogens is 1. The molecule has 0 aliphatic heterocycles. The molecule has 0 aromatic heterocycles. The Labute approximate surface area is 113 Å². The van der Waals surface area contributed by atoms with Crippen molar-refractivity contribution in [3.63, 3.8) is 0 Å². The summed E-state index contributed by atoms with van der Waals surface area (Å²) < 4.78 is 18.7. The van der Waals surface area contributed by atoms with Gasteiger partial charge in [0.1, 0.15) is 11.6 Å². The molecule has 0 saturated heterocycles. The number of hydrogen-bond donors (Lipinski definition) is 1. The van der Waals surface area contributed by atoms with E-state index < -0.39 is 0 Å². The zero-order valence-electron chi connectivity index (χ0n) is 11.2. The average molecular weight is 259 g/mol. The molecule has 2 nitrogen and oxygen atoms in total. The summed E-state index contributed by atoms with van der Waals surface area (Å²) in [5, 5.41) is 3.13. The molecule has 0 fully saturated rings. The van der Waals surface area contributed by atoms with E-state index in [1.807, 2.05) is 18.2 Å². The molecule has 19 heavy (non-hydrogen) atoms. The minimum atomic E-state index is -0.263. The lowest BCUT2D eigenvalue weighted by molar-refractivity contribution is 0.414. The van der Waals surface area contributed by atoms with Crippen LogP contribution in [0.15, 0.2) is 48.5 Å². The molecule has 0 saturated carbocycles. The van der Waals surface area contributed by atoms with E-state index in [0.717, 1.165) is 0 Å². The Balaban J connectivity index is 2.02. The number of benzene rings is 2. The summed E-state index contributed by atoms with van der Waals surface area (Å²) in [6.07, 6.45) is 0. The molecule has 0 spiro atoms. The largest absolute Gasteiger partial charge is 0.497 e. The molecule has 3 heteroatoms. The van der Waals surface area contributed by atoms with E-state index in [0.29, 0.717) is 23.9 Å². The number of nitrogens with one attached hydrogen (secondary N) is 1. The summed E-state index contributed by atoms with van der Waals surface area (Å²) in [5.41, 5.74) is 1.71. The maximum atomic E-state index is 13.6. The van der Waals surface area contributed by atoms with Gasteiger partial charge in [-0.25, -0.2) is 4.39 Å². The first-order valence-corrected chi connectivity index (χ1v) is 6.33. The van der Waals surface area contributed by atoms with Gasteiger partial charge in [-0.3, -0.25) is 0 Å². The van der Waals surface area contributed by atoms with Crippen molar-refractivity contribution in [3.8, 4) is 5.75 Å². The van der Waals surface area contributed by atoms with Crippen LogP contribution in [-0.4, -0.2) is 13.7 Å². The Morgan fingerprint density at radius 2 is 1.89 bits per heavy atom. The predicted molar refractivity (Wildman–Crippen MR) is 76.3 cm³/mol. The number of hydrogen-bond acceptors (Lipinski definition) is 2. The predicted octanol–water partition coefficient (Wildman–Crippen LogP) is 4.05. The van der Waals surface area contributed by atoms with Crippen LogP contribution in [0.4, 0.5) is 10.1 Å². The van der Waals surface area contributed by atoms with E-state index >= 15 is 0 Å². The van der Waals surface area contributed by atoms with Gasteiger partial charge in [0.25, 0.3) is 0 Å². The van der Waals surface area contributed by atoms with Crippen LogP contribution >= 0.6 is 0 Å². The highest BCUT2D eigenvalue weighted by molar-refractivity contribution is 5.50. The number of ether oxygens (including phenoxy) is 1. The van der Waals surface area contributed by atoms with Crippen LogP contribution in [0.2, 0.25) is 0 Å². The highest BCUT2D eigenvalue weighted by Gasteiger charge is 2.07. The summed E-state index contributed by atoms with van der Waals surface area (Å²) in [7, 11) is 1.57. The van der Waals surface area contributed by atoms with Crippen LogP contribution in [0.3, 0.4) is 0 Å². The molecule has 2 aromatic rings. The lowest BCUT2D eigenvalue weighted by Gasteiger charge is -2.15. The van der Waals surface area contributed by atoms with Crippen LogP contribution in [-0.2, 0) is 0 Å². The minimum Gasteiger partial charge on any atom is -0.497 e. The third-order valence-corrected chi connectivity index (χ3v) is 3.14. The Hall–Kier alpha value is -2.03. The average Bonchev–Trinajstić information content (AvgIpc) is 2.47.